The highest BCUT2D eigenvalue weighted by Gasteiger charge is 2.35. The van der Waals surface area contributed by atoms with Crippen molar-refractivity contribution >= 4 is 29.5 Å². The third kappa shape index (κ3) is 11.9. The Kier molecular flexibility index (Phi) is 15.0. The van der Waals surface area contributed by atoms with E-state index in [0.717, 1.165) is 6.42 Å². The first kappa shape index (κ1) is 34.3. The highest BCUT2D eigenvalue weighted by atomic mass is 16.3. The number of aliphatic hydroxyl groups is 1. The number of carbonyl (C=O) groups is 5. The SMILES string of the molecule is CC[C@H](C)[C@H](NC(=O)[C@H](CCC(N)=O)NC(=O)[C@@H]1CCCN1)C(=O)N[C@H](C(=O)N[C@H](CN)CC(C)C)[C@@H](C)O. The van der Waals surface area contributed by atoms with Gasteiger partial charge in [-0.15, -0.1) is 0 Å². The van der Waals surface area contributed by atoms with Crippen LogP contribution in [0, 0.1) is 11.8 Å². The van der Waals surface area contributed by atoms with E-state index in [0.29, 0.717) is 25.8 Å². The normalized spacial score (nSPS) is 19.7. The summed E-state index contributed by atoms with van der Waals surface area (Å²) in [6.07, 6.45) is 1.19. The van der Waals surface area contributed by atoms with Crippen LogP contribution in [0.25, 0.3) is 0 Å². The van der Waals surface area contributed by atoms with Gasteiger partial charge in [0.25, 0.3) is 0 Å². The third-order valence-corrected chi connectivity index (χ3v) is 6.93. The number of carbonyl (C=O) groups excluding carboxylic acids is 5. The average Bonchev–Trinajstić information content (AvgIpc) is 3.41. The fourth-order valence-corrected chi connectivity index (χ4v) is 4.41. The van der Waals surface area contributed by atoms with Crippen LogP contribution in [-0.4, -0.2) is 84.0 Å². The van der Waals surface area contributed by atoms with Gasteiger partial charge in [-0.2, -0.15) is 0 Å². The van der Waals surface area contributed by atoms with E-state index < -0.39 is 53.9 Å². The predicted octanol–water partition coefficient (Wildman–Crippen LogP) is -1.63. The molecule has 0 aromatic rings. The standard InChI is InChI=1S/C26H49N7O6/c1-6-15(4)21(25(38)33-22(16(5)34)26(39)30-17(13-27)12-14(2)3)32-24(37)19(9-10-20(28)35)31-23(36)18-8-7-11-29-18/h14-19,21-22,29,34H,6-13,27H2,1-5H3,(H2,28,35)(H,30,39)(H,31,36)(H,32,37)(H,33,38)/t15-,16+,17-,18-,19-,21-,22-/m0/s1. The Balaban J connectivity index is 3.03. The van der Waals surface area contributed by atoms with Gasteiger partial charge in [-0.25, -0.2) is 0 Å². The molecule has 0 aromatic carbocycles. The minimum Gasteiger partial charge on any atom is -0.391 e. The molecular weight excluding hydrogens is 506 g/mol. The van der Waals surface area contributed by atoms with Gasteiger partial charge in [-0.1, -0.05) is 34.1 Å². The first-order valence-corrected chi connectivity index (χ1v) is 13.9. The van der Waals surface area contributed by atoms with Crippen LogP contribution in [0.4, 0.5) is 0 Å². The van der Waals surface area contributed by atoms with Gasteiger partial charge in [0.15, 0.2) is 0 Å². The molecule has 0 aromatic heterocycles. The number of nitrogens with two attached hydrogens (primary N) is 2. The Morgan fingerprint density at radius 2 is 1.56 bits per heavy atom. The number of nitrogens with one attached hydrogen (secondary N) is 5. The van der Waals surface area contributed by atoms with Crippen molar-refractivity contribution < 1.29 is 29.1 Å². The number of rotatable bonds is 17. The summed E-state index contributed by atoms with van der Waals surface area (Å²) in [6.45, 7) is 9.85. The van der Waals surface area contributed by atoms with Gasteiger partial charge >= 0.3 is 0 Å². The maximum atomic E-state index is 13.3. The van der Waals surface area contributed by atoms with E-state index in [2.05, 4.69) is 26.6 Å². The molecule has 1 aliphatic rings. The van der Waals surface area contributed by atoms with Crippen molar-refractivity contribution in [2.75, 3.05) is 13.1 Å². The number of hydrogen-bond donors (Lipinski definition) is 8. The van der Waals surface area contributed by atoms with Crippen LogP contribution in [-0.2, 0) is 24.0 Å². The van der Waals surface area contributed by atoms with Crippen molar-refractivity contribution in [1.29, 1.82) is 0 Å². The number of primary amides is 1. The summed E-state index contributed by atoms with van der Waals surface area (Å²) in [4.78, 5) is 63.6. The minimum absolute atomic E-state index is 0.0382. The molecule has 10 N–H and O–H groups in total. The topological polar surface area (TPSA) is 218 Å². The van der Waals surface area contributed by atoms with E-state index >= 15 is 0 Å². The zero-order valence-electron chi connectivity index (χ0n) is 23.9. The lowest BCUT2D eigenvalue weighted by Gasteiger charge is -2.30. The Morgan fingerprint density at radius 1 is 0.949 bits per heavy atom. The Morgan fingerprint density at radius 3 is 2.05 bits per heavy atom. The summed E-state index contributed by atoms with van der Waals surface area (Å²) < 4.78 is 0. The first-order chi connectivity index (χ1) is 18.3. The van der Waals surface area contributed by atoms with Crippen molar-refractivity contribution in [1.82, 2.24) is 26.6 Å². The second-order valence-electron chi connectivity index (χ2n) is 10.9. The molecular formula is C26H49N7O6. The molecule has 39 heavy (non-hydrogen) atoms. The molecule has 0 spiro atoms. The van der Waals surface area contributed by atoms with Crippen LogP contribution >= 0.6 is 0 Å². The fraction of sp³-hybridized carbons (Fsp3) is 0.808. The molecule has 13 nitrogen and oxygen atoms in total. The molecule has 0 aliphatic carbocycles. The molecule has 0 bridgehead atoms. The van der Waals surface area contributed by atoms with Crippen molar-refractivity contribution in [2.24, 2.45) is 23.3 Å². The quantitative estimate of drug-likeness (QED) is 0.104. The molecule has 13 heteroatoms. The number of aliphatic hydroxyl groups excluding tert-OH is 1. The Hall–Kier alpha value is -2.77. The van der Waals surface area contributed by atoms with Crippen molar-refractivity contribution in [3.8, 4) is 0 Å². The monoisotopic (exact) mass is 555 g/mol. The Bertz CT molecular complexity index is 832. The van der Waals surface area contributed by atoms with E-state index in [4.69, 9.17) is 11.5 Å². The van der Waals surface area contributed by atoms with E-state index in [1.807, 2.05) is 20.8 Å². The van der Waals surface area contributed by atoms with Gasteiger partial charge in [0, 0.05) is 19.0 Å². The van der Waals surface area contributed by atoms with E-state index in [9.17, 15) is 29.1 Å². The lowest BCUT2D eigenvalue weighted by molar-refractivity contribution is -0.136. The summed E-state index contributed by atoms with van der Waals surface area (Å²) in [7, 11) is 0. The van der Waals surface area contributed by atoms with Gasteiger partial charge in [0.2, 0.25) is 29.5 Å². The predicted molar refractivity (Wildman–Crippen MR) is 147 cm³/mol. The molecule has 1 fully saturated rings. The van der Waals surface area contributed by atoms with E-state index in [1.54, 1.807) is 6.92 Å². The fourth-order valence-electron chi connectivity index (χ4n) is 4.41. The van der Waals surface area contributed by atoms with Crippen molar-refractivity contribution in [3.05, 3.63) is 0 Å². The lowest BCUT2D eigenvalue weighted by atomic mass is 9.96. The van der Waals surface area contributed by atoms with Crippen LogP contribution in [0.5, 0.6) is 0 Å². The zero-order valence-corrected chi connectivity index (χ0v) is 23.9. The van der Waals surface area contributed by atoms with Crippen LogP contribution in [0.2, 0.25) is 0 Å². The van der Waals surface area contributed by atoms with Crippen LogP contribution in [0.1, 0.15) is 73.1 Å². The van der Waals surface area contributed by atoms with E-state index in [-0.39, 0.29) is 43.2 Å². The van der Waals surface area contributed by atoms with Crippen LogP contribution < -0.4 is 38.1 Å². The minimum atomic E-state index is -1.28. The van der Waals surface area contributed by atoms with Gasteiger partial charge in [-0.05, 0) is 51.0 Å². The van der Waals surface area contributed by atoms with Gasteiger partial charge < -0.3 is 43.2 Å². The molecule has 0 unspecified atom stereocenters. The average molecular weight is 556 g/mol. The summed E-state index contributed by atoms with van der Waals surface area (Å²) in [5.41, 5.74) is 11.0. The summed E-state index contributed by atoms with van der Waals surface area (Å²) in [5, 5.41) is 24.0. The van der Waals surface area contributed by atoms with Crippen molar-refractivity contribution in [3.63, 3.8) is 0 Å². The molecule has 224 valence electrons. The van der Waals surface area contributed by atoms with Crippen molar-refractivity contribution in [2.45, 2.75) is 109 Å². The van der Waals surface area contributed by atoms with Gasteiger partial charge in [0.05, 0.1) is 12.1 Å². The largest absolute Gasteiger partial charge is 0.391 e. The molecule has 1 heterocycles. The van der Waals surface area contributed by atoms with Gasteiger partial charge in [-0.3, -0.25) is 24.0 Å². The molecule has 1 aliphatic heterocycles. The van der Waals surface area contributed by atoms with Crippen LogP contribution in [0.3, 0.4) is 0 Å². The first-order valence-electron chi connectivity index (χ1n) is 13.9. The maximum Gasteiger partial charge on any atom is 0.245 e. The smallest absolute Gasteiger partial charge is 0.245 e. The lowest BCUT2D eigenvalue weighted by Crippen LogP contribution is -2.61. The molecule has 1 saturated heterocycles. The van der Waals surface area contributed by atoms with Gasteiger partial charge in [0.1, 0.15) is 18.1 Å². The Labute approximate surface area is 231 Å². The van der Waals surface area contributed by atoms with E-state index in [1.165, 1.54) is 6.92 Å². The van der Waals surface area contributed by atoms with Crippen LogP contribution in [0.15, 0.2) is 0 Å². The highest BCUT2D eigenvalue weighted by molar-refractivity contribution is 5.95. The molecule has 0 saturated carbocycles. The summed E-state index contributed by atoms with van der Waals surface area (Å²) >= 11 is 0. The summed E-state index contributed by atoms with van der Waals surface area (Å²) in [6, 6.07) is -4.22. The summed E-state index contributed by atoms with van der Waals surface area (Å²) in [5.74, 6) is -2.98. The molecule has 5 amide bonds. The second-order valence-corrected chi connectivity index (χ2v) is 10.9. The second kappa shape index (κ2) is 17.0. The highest BCUT2D eigenvalue weighted by Crippen LogP contribution is 2.12. The molecule has 1 rings (SSSR count). The number of amides is 5. The zero-order chi connectivity index (χ0) is 29.7. The molecule has 0 radical (unpaired) electrons. The maximum absolute atomic E-state index is 13.3. The molecule has 7 atom stereocenters. The third-order valence-electron chi connectivity index (χ3n) is 6.93. The number of hydrogen-bond acceptors (Lipinski definition) is 8.